The largest absolute Gasteiger partial charge is 0.310 e. The molecule has 0 aliphatic carbocycles. The van der Waals surface area contributed by atoms with Gasteiger partial charge in [0.15, 0.2) is 9.84 Å². The van der Waals surface area contributed by atoms with Gasteiger partial charge in [0, 0.05) is 17.3 Å². The van der Waals surface area contributed by atoms with Crippen molar-refractivity contribution >= 4 is 33.0 Å². The third-order valence-electron chi connectivity index (χ3n) is 4.04. The molecule has 0 saturated carbocycles. The first-order valence-corrected chi connectivity index (χ1v) is 10.0. The van der Waals surface area contributed by atoms with Crippen molar-refractivity contribution in [2.75, 3.05) is 17.2 Å². The third-order valence-corrected chi connectivity index (χ3v) is 5.91. The highest BCUT2D eigenvalue weighted by molar-refractivity contribution is 7.92. The molecule has 0 aliphatic heterocycles. The fourth-order valence-electron chi connectivity index (χ4n) is 2.42. The number of amides is 1. The van der Waals surface area contributed by atoms with Crippen molar-refractivity contribution in [1.82, 2.24) is 0 Å². The first kappa shape index (κ1) is 20.0. The number of sulfone groups is 1. The van der Waals surface area contributed by atoms with Crippen LogP contribution < -0.4 is 4.90 Å². The molecule has 0 spiro atoms. The number of benzene rings is 2. The maximum atomic E-state index is 12.7. The van der Waals surface area contributed by atoms with Gasteiger partial charge in [-0.25, -0.2) is 8.42 Å². The van der Waals surface area contributed by atoms with E-state index in [0.29, 0.717) is 10.7 Å². The SMILES string of the molecule is Cc1ccc(N(CCC#N)C(=O)CS(=O)(=O)c2ccc(Cl)cc2)cc1C. The normalized spacial score (nSPS) is 11.0. The Balaban J connectivity index is 2.30. The van der Waals surface area contributed by atoms with Crippen LogP contribution in [0.1, 0.15) is 17.5 Å². The number of nitriles is 1. The Hall–Kier alpha value is -2.36. The minimum atomic E-state index is -3.81. The number of halogens is 1. The molecule has 0 radical (unpaired) electrons. The molecule has 0 N–H and O–H groups in total. The van der Waals surface area contributed by atoms with Crippen LogP contribution in [0.3, 0.4) is 0 Å². The molecular weight excluding hydrogens is 372 g/mol. The van der Waals surface area contributed by atoms with E-state index in [1.54, 1.807) is 6.07 Å². The second kappa shape index (κ2) is 8.35. The molecule has 5 nitrogen and oxygen atoms in total. The summed E-state index contributed by atoms with van der Waals surface area (Å²) in [5.74, 6) is -1.24. The van der Waals surface area contributed by atoms with Gasteiger partial charge in [-0.3, -0.25) is 4.79 Å². The van der Waals surface area contributed by atoms with Crippen molar-refractivity contribution in [2.45, 2.75) is 25.2 Å². The second-order valence-corrected chi connectivity index (χ2v) is 8.36. The van der Waals surface area contributed by atoms with E-state index in [1.165, 1.54) is 29.2 Å². The first-order chi connectivity index (χ1) is 12.2. The van der Waals surface area contributed by atoms with E-state index >= 15 is 0 Å². The quantitative estimate of drug-likeness (QED) is 0.753. The van der Waals surface area contributed by atoms with E-state index in [2.05, 4.69) is 0 Å². The Morgan fingerprint density at radius 2 is 1.77 bits per heavy atom. The fraction of sp³-hybridized carbons (Fsp3) is 0.263. The van der Waals surface area contributed by atoms with Gasteiger partial charge >= 0.3 is 0 Å². The van der Waals surface area contributed by atoms with Crippen LogP contribution in [0.25, 0.3) is 0 Å². The molecule has 0 aromatic heterocycles. The molecule has 7 heteroatoms. The van der Waals surface area contributed by atoms with E-state index in [1.807, 2.05) is 32.0 Å². The maximum absolute atomic E-state index is 12.7. The minimum Gasteiger partial charge on any atom is -0.310 e. The molecular formula is C19H19ClN2O3S. The first-order valence-electron chi connectivity index (χ1n) is 7.97. The zero-order valence-corrected chi connectivity index (χ0v) is 16.1. The van der Waals surface area contributed by atoms with E-state index in [9.17, 15) is 13.2 Å². The molecule has 2 aromatic carbocycles. The molecule has 0 bridgehead atoms. The van der Waals surface area contributed by atoms with Crippen molar-refractivity contribution in [3.05, 3.63) is 58.6 Å². The average molecular weight is 391 g/mol. The standard InChI is InChI=1S/C19H19ClN2O3S/c1-14-4-7-17(12-15(14)2)22(11-3-10-21)19(23)13-26(24,25)18-8-5-16(20)6-9-18/h4-9,12H,3,11,13H2,1-2H3. The predicted octanol–water partition coefficient (Wildman–Crippen LogP) is 3.68. The molecule has 136 valence electrons. The Morgan fingerprint density at radius 3 is 2.35 bits per heavy atom. The lowest BCUT2D eigenvalue weighted by atomic mass is 10.1. The van der Waals surface area contributed by atoms with Crippen molar-refractivity contribution in [3.8, 4) is 6.07 Å². The molecule has 0 fully saturated rings. The molecule has 0 saturated heterocycles. The van der Waals surface area contributed by atoms with Crippen LogP contribution in [-0.2, 0) is 14.6 Å². The van der Waals surface area contributed by atoms with Gasteiger partial charge in [0.1, 0.15) is 5.75 Å². The number of aryl methyl sites for hydroxylation is 2. The highest BCUT2D eigenvalue weighted by Crippen LogP contribution is 2.21. The number of rotatable bonds is 6. The minimum absolute atomic E-state index is 0.0376. The summed E-state index contributed by atoms with van der Waals surface area (Å²) in [5.41, 5.74) is 2.63. The van der Waals surface area contributed by atoms with E-state index < -0.39 is 21.5 Å². The average Bonchev–Trinajstić information content (AvgIpc) is 2.58. The van der Waals surface area contributed by atoms with Crippen LogP contribution in [0, 0.1) is 25.2 Å². The molecule has 26 heavy (non-hydrogen) atoms. The highest BCUT2D eigenvalue weighted by Gasteiger charge is 2.24. The number of hydrogen-bond acceptors (Lipinski definition) is 4. The van der Waals surface area contributed by atoms with Crippen molar-refractivity contribution in [1.29, 1.82) is 5.26 Å². The Kier molecular flexibility index (Phi) is 6.41. The summed E-state index contributed by atoms with van der Waals surface area (Å²) in [6.07, 6.45) is 0.111. The zero-order valence-electron chi connectivity index (χ0n) is 14.6. The van der Waals surface area contributed by atoms with Gasteiger partial charge in [0.2, 0.25) is 5.91 Å². The smallest absolute Gasteiger partial charge is 0.242 e. The monoisotopic (exact) mass is 390 g/mol. The van der Waals surface area contributed by atoms with Crippen LogP contribution in [0.2, 0.25) is 5.02 Å². The van der Waals surface area contributed by atoms with Gasteiger partial charge in [-0.15, -0.1) is 0 Å². The molecule has 0 atom stereocenters. The lowest BCUT2D eigenvalue weighted by Crippen LogP contribution is -2.36. The van der Waals surface area contributed by atoms with Gasteiger partial charge in [-0.2, -0.15) is 5.26 Å². The summed E-state index contributed by atoms with van der Waals surface area (Å²) in [7, 11) is -3.81. The van der Waals surface area contributed by atoms with E-state index in [-0.39, 0.29) is 17.9 Å². The van der Waals surface area contributed by atoms with Gasteiger partial charge in [-0.05, 0) is 61.4 Å². The topological polar surface area (TPSA) is 78.2 Å². The number of carbonyl (C=O) groups excluding carboxylic acids is 1. The lowest BCUT2D eigenvalue weighted by Gasteiger charge is -2.22. The van der Waals surface area contributed by atoms with Gasteiger partial charge in [0.25, 0.3) is 0 Å². The summed E-state index contributed by atoms with van der Waals surface area (Å²) in [6.45, 7) is 4.00. The number of carbonyl (C=O) groups is 1. The van der Waals surface area contributed by atoms with Gasteiger partial charge in [0.05, 0.1) is 17.4 Å². The van der Waals surface area contributed by atoms with Crippen LogP contribution in [-0.4, -0.2) is 26.6 Å². The molecule has 0 aliphatic rings. The lowest BCUT2D eigenvalue weighted by molar-refractivity contribution is -0.116. The molecule has 2 aromatic rings. The molecule has 0 unspecified atom stereocenters. The van der Waals surface area contributed by atoms with Gasteiger partial charge in [-0.1, -0.05) is 17.7 Å². The summed E-state index contributed by atoms with van der Waals surface area (Å²) < 4.78 is 25.1. The van der Waals surface area contributed by atoms with E-state index in [4.69, 9.17) is 16.9 Å². The molecule has 0 heterocycles. The number of anilines is 1. The fourth-order valence-corrected chi connectivity index (χ4v) is 3.74. The Bertz CT molecular complexity index is 948. The maximum Gasteiger partial charge on any atom is 0.242 e. The summed E-state index contributed by atoms with van der Waals surface area (Å²) in [4.78, 5) is 14.1. The van der Waals surface area contributed by atoms with Crippen molar-refractivity contribution in [3.63, 3.8) is 0 Å². The Labute approximate surface area is 158 Å². The highest BCUT2D eigenvalue weighted by atomic mass is 35.5. The molecule has 2 rings (SSSR count). The second-order valence-electron chi connectivity index (χ2n) is 5.94. The number of hydrogen-bond donors (Lipinski definition) is 0. The van der Waals surface area contributed by atoms with Crippen molar-refractivity contribution < 1.29 is 13.2 Å². The zero-order chi connectivity index (χ0) is 19.3. The van der Waals surface area contributed by atoms with Crippen LogP contribution in [0.4, 0.5) is 5.69 Å². The van der Waals surface area contributed by atoms with Crippen molar-refractivity contribution in [2.24, 2.45) is 0 Å². The summed E-state index contributed by atoms with van der Waals surface area (Å²) >= 11 is 5.78. The Morgan fingerprint density at radius 1 is 1.12 bits per heavy atom. The third kappa shape index (κ3) is 4.84. The van der Waals surface area contributed by atoms with E-state index in [0.717, 1.165) is 11.1 Å². The van der Waals surface area contributed by atoms with Gasteiger partial charge < -0.3 is 4.90 Å². The predicted molar refractivity (Wildman–Crippen MR) is 102 cm³/mol. The van der Waals surface area contributed by atoms with Crippen LogP contribution >= 0.6 is 11.6 Å². The van der Waals surface area contributed by atoms with Crippen LogP contribution in [0.15, 0.2) is 47.4 Å². The molecule has 1 amide bonds. The number of nitrogens with zero attached hydrogens (tertiary/aromatic N) is 2. The summed E-state index contributed by atoms with van der Waals surface area (Å²) in [5, 5.41) is 9.28. The van der Waals surface area contributed by atoms with Crippen LogP contribution in [0.5, 0.6) is 0 Å². The summed E-state index contributed by atoms with van der Waals surface area (Å²) in [6, 6.07) is 13.1.